The summed E-state index contributed by atoms with van der Waals surface area (Å²) in [5, 5.41) is 9.75. The Balaban J connectivity index is 1.14. The normalized spacial score (nSPS) is 34.6. The molecule has 0 heterocycles. The van der Waals surface area contributed by atoms with E-state index in [0.29, 0.717) is 0 Å². The molecule has 3 aliphatic rings. The van der Waals surface area contributed by atoms with E-state index in [1.807, 2.05) is 0 Å². The number of hydrogen-bond acceptors (Lipinski definition) is 1. The molecule has 1 nitrogen and oxygen atoms in total. The van der Waals surface area contributed by atoms with Gasteiger partial charge in [0, 0.05) is 0 Å². The summed E-state index contributed by atoms with van der Waals surface area (Å²) in [5.41, 5.74) is 6.00. The van der Waals surface area contributed by atoms with Crippen LogP contribution in [-0.4, -0.2) is 11.2 Å². The van der Waals surface area contributed by atoms with Crippen LogP contribution >= 0.6 is 0 Å². The van der Waals surface area contributed by atoms with E-state index in [-0.39, 0.29) is 6.10 Å². The molecule has 0 bridgehead atoms. The molecule has 3 aliphatic carbocycles. The number of benzene rings is 1. The largest absolute Gasteiger partial charge is 0.393 e. The zero-order chi connectivity index (χ0) is 21.8. The third kappa shape index (κ3) is 6.59. The first-order valence-electron chi connectivity index (χ1n) is 13.7. The van der Waals surface area contributed by atoms with Crippen LogP contribution in [0, 0.1) is 50.4 Å². The van der Waals surface area contributed by atoms with E-state index in [4.69, 9.17) is 0 Å². The summed E-state index contributed by atoms with van der Waals surface area (Å²) >= 11 is 0. The summed E-state index contributed by atoms with van der Waals surface area (Å²) in [7, 11) is 0. The van der Waals surface area contributed by atoms with Crippen molar-refractivity contribution < 1.29 is 5.11 Å². The highest BCUT2D eigenvalue weighted by Gasteiger charge is 2.29. The minimum Gasteiger partial charge on any atom is -0.393 e. The Kier molecular flexibility index (Phi) is 8.18. The smallest absolute Gasteiger partial charge is 0.0540 e. The Morgan fingerprint density at radius 3 is 1.35 bits per heavy atom. The van der Waals surface area contributed by atoms with Gasteiger partial charge in [-0.15, -0.1) is 0 Å². The molecular weight excluding hydrogens is 376 g/mol. The monoisotopic (exact) mass is 424 g/mol. The van der Waals surface area contributed by atoms with E-state index in [1.165, 1.54) is 100 Å². The van der Waals surface area contributed by atoms with Gasteiger partial charge in [0.2, 0.25) is 0 Å². The molecule has 1 aromatic carbocycles. The summed E-state index contributed by atoms with van der Waals surface area (Å²) in [6, 6.07) is 4.89. The lowest BCUT2D eigenvalue weighted by Crippen LogP contribution is -2.24. The predicted molar refractivity (Wildman–Crippen MR) is 132 cm³/mol. The fourth-order valence-electron chi connectivity index (χ4n) is 7.27. The van der Waals surface area contributed by atoms with Crippen molar-refractivity contribution in [2.75, 3.05) is 0 Å². The first-order chi connectivity index (χ1) is 15.0. The molecule has 0 spiro atoms. The SMILES string of the molecule is Cc1cc(CC2CCC(CC3CCC(CC4CCC(O)CC4)CC3)CC2)cc(C)c1C. The fourth-order valence-corrected chi connectivity index (χ4v) is 7.27. The zero-order valence-corrected chi connectivity index (χ0v) is 20.7. The summed E-state index contributed by atoms with van der Waals surface area (Å²) in [6.45, 7) is 6.81. The zero-order valence-electron chi connectivity index (χ0n) is 20.7. The van der Waals surface area contributed by atoms with Crippen LogP contribution in [0.3, 0.4) is 0 Å². The highest BCUT2D eigenvalue weighted by atomic mass is 16.3. The molecular formula is C30H48O. The Hall–Kier alpha value is -0.820. The van der Waals surface area contributed by atoms with Gasteiger partial charge >= 0.3 is 0 Å². The molecule has 4 rings (SSSR count). The van der Waals surface area contributed by atoms with Crippen LogP contribution in [0.15, 0.2) is 12.1 Å². The summed E-state index contributed by atoms with van der Waals surface area (Å²) in [4.78, 5) is 0. The van der Waals surface area contributed by atoms with Crippen LogP contribution in [-0.2, 0) is 6.42 Å². The number of hydrogen-bond donors (Lipinski definition) is 1. The van der Waals surface area contributed by atoms with Crippen molar-refractivity contribution in [3.8, 4) is 0 Å². The third-order valence-corrected chi connectivity index (χ3v) is 9.59. The molecule has 1 aromatic rings. The third-order valence-electron chi connectivity index (χ3n) is 9.59. The van der Waals surface area contributed by atoms with Crippen LogP contribution in [0.5, 0.6) is 0 Å². The molecule has 1 N–H and O–H groups in total. The molecule has 0 unspecified atom stereocenters. The van der Waals surface area contributed by atoms with E-state index >= 15 is 0 Å². The Morgan fingerprint density at radius 2 is 0.935 bits per heavy atom. The van der Waals surface area contributed by atoms with Crippen molar-refractivity contribution in [3.05, 3.63) is 34.4 Å². The van der Waals surface area contributed by atoms with Gasteiger partial charge in [-0.05, 0) is 130 Å². The maximum atomic E-state index is 9.75. The maximum Gasteiger partial charge on any atom is 0.0540 e. The van der Waals surface area contributed by atoms with Crippen molar-refractivity contribution in [3.63, 3.8) is 0 Å². The first-order valence-corrected chi connectivity index (χ1v) is 13.7. The first kappa shape index (κ1) is 23.3. The van der Waals surface area contributed by atoms with Gasteiger partial charge in [-0.25, -0.2) is 0 Å². The van der Waals surface area contributed by atoms with Gasteiger partial charge in [0.05, 0.1) is 6.10 Å². The molecule has 31 heavy (non-hydrogen) atoms. The van der Waals surface area contributed by atoms with Gasteiger partial charge in [-0.3, -0.25) is 0 Å². The minimum atomic E-state index is 0.00667. The Labute approximate surface area is 192 Å². The molecule has 1 heteroatoms. The predicted octanol–water partition coefficient (Wildman–Crippen LogP) is 8.10. The summed E-state index contributed by atoms with van der Waals surface area (Å²) in [6.07, 6.45) is 20.9. The Bertz CT molecular complexity index is 659. The van der Waals surface area contributed by atoms with Gasteiger partial charge in [0.25, 0.3) is 0 Å². The lowest BCUT2D eigenvalue weighted by atomic mass is 9.70. The summed E-state index contributed by atoms with van der Waals surface area (Å²) in [5.74, 6) is 4.87. The highest BCUT2D eigenvalue weighted by Crippen LogP contribution is 2.41. The van der Waals surface area contributed by atoms with Crippen LogP contribution in [0.2, 0.25) is 0 Å². The van der Waals surface area contributed by atoms with Gasteiger partial charge in [-0.1, -0.05) is 50.7 Å². The second-order valence-electron chi connectivity index (χ2n) is 12.0. The second kappa shape index (κ2) is 10.9. The van der Waals surface area contributed by atoms with Crippen molar-refractivity contribution in [1.29, 1.82) is 0 Å². The quantitative estimate of drug-likeness (QED) is 0.489. The van der Waals surface area contributed by atoms with Crippen LogP contribution in [0.25, 0.3) is 0 Å². The lowest BCUT2D eigenvalue weighted by Gasteiger charge is -2.36. The molecule has 0 aliphatic heterocycles. The molecule has 0 aromatic heterocycles. The number of aryl methyl sites for hydroxylation is 2. The van der Waals surface area contributed by atoms with Crippen molar-refractivity contribution >= 4 is 0 Å². The maximum absolute atomic E-state index is 9.75. The van der Waals surface area contributed by atoms with E-state index in [9.17, 15) is 5.11 Å². The second-order valence-corrected chi connectivity index (χ2v) is 12.0. The standard InChI is InChI=1S/C30H48O/c1-21-16-29(17-22(2)23(21)3)20-27-10-8-25(9-11-27)18-24-4-6-26(7-5-24)19-28-12-14-30(31)15-13-28/h16-17,24-28,30-31H,4-15,18-20H2,1-3H3. The Morgan fingerprint density at radius 1 is 0.581 bits per heavy atom. The summed E-state index contributed by atoms with van der Waals surface area (Å²) < 4.78 is 0. The van der Waals surface area contributed by atoms with Crippen LogP contribution in [0.4, 0.5) is 0 Å². The van der Waals surface area contributed by atoms with Crippen LogP contribution < -0.4 is 0 Å². The lowest BCUT2D eigenvalue weighted by molar-refractivity contribution is 0.0954. The number of aliphatic hydroxyl groups is 1. The van der Waals surface area contributed by atoms with Gasteiger partial charge < -0.3 is 5.11 Å². The number of aliphatic hydroxyl groups excluding tert-OH is 1. The van der Waals surface area contributed by atoms with Gasteiger partial charge in [-0.2, -0.15) is 0 Å². The van der Waals surface area contributed by atoms with Crippen molar-refractivity contribution in [2.45, 2.75) is 123 Å². The molecule has 0 saturated heterocycles. The van der Waals surface area contributed by atoms with E-state index in [2.05, 4.69) is 32.9 Å². The topological polar surface area (TPSA) is 20.2 Å². The molecule has 0 amide bonds. The van der Waals surface area contributed by atoms with E-state index in [1.54, 1.807) is 5.56 Å². The fraction of sp³-hybridized carbons (Fsp3) is 0.800. The molecule has 3 fully saturated rings. The minimum absolute atomic E-state index is 0.00667. The van der Waals surface area contributed by atoms with E-state index in [0.717, 1.165) is 42.4 Å². The molecule has 174 valence electrons. The van der Waals surface area contributed by atoms with Crippen LogP contribution in [0.1, 0.15) is 112 Å². The highest BCUT2D eigenvalue weighted by molar-refractivity contribution is 5.37. The average Bonchev–Trinajstić information content (AvgIpc) is 2.76. The average molecular weight is 425 g/mol. The van der Waals surface area contributed by atoms with Crippen molar-refractivity contribution in [2.24, 2.45) is 29.6 Å². The van der Waals surface area contributed by atoms with E-state index < -0.39 is 0 Å². The number of rotatable bonds is 6. The van der Waals surface area contributed by atoms with Gasteiger partial charge in [0.15, 0.2) is 0 Å². The molecule has 0 atom stereocenters. The van der Waals surface area contributed by atoms with Gasteiger partial charge in [0.1, 0.15) is 0 Å². The molecule has 3 saturated carbocycles. The molecule has 0 radical (unpaired) electrons. The van der Waals surface area contributed by atoms with Crippen molar-refractivity contribution in [1.82, 2.24) is 0 Å².